The summed E-state index contributed by atoms with van der Waals surface area (Å²) >= 11 is 1.51. The second-order valence-electron chi connectivity index (χ2n) is 6.45. The molecule has 1 aliphatic heterocycles. The van der Waals surface area contributed by atoms with Crippen LogP contribution in [0, 0.1) is 19.3 Å². The molecule has 0 saturated carbocycles. The zero-order valence-corrected chi connectivity index (χ0v) is 15.4. The molecule has 0 aromatic carbocycles. The van der Waals surface area contributed by atoms with Gasteiger partial charge in [0.25, 0.3) is 0 Å². The Morgan fingerprint density at radius 3 is 2.80 bits per heavy atom. The average molecular weight is 359 g/mol. The minimum atomic E-state index is 0.456. The lowest BCUT2D eigenvalue weighted by Crippen LogP contribution is -3.14. The number of ether oxygens (including phenoxy) is 1. The van der Waals surface area contributed by atoms with Crippen LogP contribution in [0.25, 0.3) is 16.2 Å². The van der Waals surface area contributed by atoms with Gasteiger partial charge < -0.3 is 14.2 Å². The van der Waals surface area contributed by atoms with Gasteiger partial charge in [0.15, 0.2) is 5.13 Å². The van der Waals surface area contributed by atoms with E-state index in [2.05, 4.69) is 28.4 Å². The summed E-state index contributed by atoms with van der Waals surface area (Å²) in [5.74, 6) is 0. The topological polar surface area (TPSA) is 73.2 Å². The van der Waals surface area contributed by atoms with E-state index in [-0.39, 0.29) is 0 Å². The van der Waals surface area contributed by atoms with Crippen LogP contribution in [0.15, 0.2) is 17.9 Å². The van der Waals surface area contributed by atoms with Crippen molar-refractivity contribution in [3.05, 3.63) is 34.6 Å². The summed E-state index contributed by atoms with van der Waals surface area (Å²) in [5.41, 5.74) is 3.69. The molecule has 1 saturated heterocycles. The molecular weight excluding hydrogens is 336 g/mol. The van der Waals surface area contributed by atoms with Crippen LogP contribution in [0.2, 0.25) is 0 Å². The van der Waals surface area contributed by atoms with Gasteiger partial charge in [-0.1, -0.05) is 0 Å². The summed E-state index contributed by atoms with van der Waals surface area (Å²) in [5, 5.41) is 12.3. The van der Waals surface area contributed by atoms with Crippen molar-refractivity contribution in [2.75, 3.05) is 32.8 Å². The molecule has 132 valence electrons. The molecule has 0 aliphatic carbocycles. The van der Waals surface area contributed by atoms with Crippen molar-refractivity contribution in [3.63, 3.8) is 0 Å². The Hall–Kier alpha value is -2.03. The lowest BCUT2D eigenvalue weighted by Gasteiger charge is -2.24. The minimum absolute atomic E-state index is 0.456. The Kier molecular flexibility index (Phi) is 4.41. The van der Waals surface area contributed by atoms with Gasteiger partial charge >= 0.3 is 0 Å². The van der Waals surface area contributed by atoms with Crippen LogP contribution in [0.5, 0.6) is 0 Å². The number of thiazole rings is 1. The molecule has 0 spiro atoms. The van der Waals surface area contributed by atoms with Crippen LogP contribution >= 0.6 is 11.3 Å². The number of quaternary nitrogens is 1. The van der Waals surface area contributed by atoms with Gasteiger partial charge in [0.2, 0.25) is 0 Å². The molecule has 3 aromatic heterocycles. The van der Waals surface area contributed by atoms with E-state index in [9.17, 15) is 0 Å². The summed E-state index contributed by atoms with van der Waals surface area (Å²) in [6, 6.07) is 0. The summed E-state index contributed by atoms with van der Waals surface area (Å²) in [6.07, 6.45) is 3.48. The first-order valence-corrected chi connectivity index (χ1v) is 9.47. The Balaban J connectivity index is 1.72. The van der Waals surface area contributed by atoms with Crippen molar-refractivity contribution >= 4 is 22.4 Å². The van der Waals surface area contributed by atoms with Crippen LogP contribution in [0.1, 0.15) is 11.3 Å². The van der Waals surface area contributed by atoms with Crippen LogP contribution in [0.3, 0.4) is 0 Å². The largest absolute Gasteiger partial charge is 0.370 e. The molecule has 0 radical (unpaired) electrons. The standard InChI is InChI=1S/C17H22N6OS/c1-12-13(2)22(5-4-21-6-8-24-9-7-21)16-14(12)15(18)23(11-20-16)17-19-3-10-25-17/h3,10-11,18H,4-9H2,1-2H3/p+1. The minimum Gasteiger partial charge on any atom is -0.370 e. The Labute approximate surface area is 150 Å². The van der Waals surface area contributed by atoms with E-state index in [1.54, 1.807) is 22.0 Å². The Morgan fingerprint density at radius 1 is 1.28 bits per heavy atom. The normalized spacial score (nSPS) is 15.9. The van der Waals surface area contributed by atoms with Crippen molar-refractivity contribution in [1.82, 2.24) is 19.1 Å². The molecular formula is C17H23N6OS+. The number of aromatic nitrogens is 4. The zero-order chi connectivity index (χ0) is 17.4. The number of fused-ring (bicyclic) bond motifs is 1. The molecule has 3 aromatic rings. The molecule has 0 bridgehead atoms. The fraction of sp³-hybridized carbons (Fsp3) is 0.471. The lowest BCUT2D eigenvalue weighted by atomic mass is 10.2. The second kappa shape index (κ2) is 6.70. The van der Waals surface area contributed by atoms with E-state index in [1.165, 1.54) is 17.0 Å². The van der Waals surface area contributed by atoms with Gasteiger partial charge in [0, 0.05) is 17.3 Å². The molecule has 1 fully saturated rings. The fourth-order valence-corrected chi connectivity index (χ4v) is 4.10. The van der Waals surface area contributed by atoms with Gasteiger partial charge in [0.05, 0.1) is 31.7 Å². The highest BCUT2D eigenvalue weighted by molar-refractivity contribution is 7.12. The molecule has 8 heteroatoms. The number of hydrogen-bond acceptors (Lipinski definition) is 5. The van der Waals surface area contributed by atoms with Gasteiger partial charge in [-0.25, -0.2) is 9.97 Å². The molecule has 2 N–H and O–H groups in total. The first-order valence-electron chi connectivity index (χ1n) is 8.59. The van der Waals surface area contributed by atoms with Gasteiger partial charge in [-0.2, -0.15) is 0 Å². The third kappa shape index (κ3) is 2.90. The van der Waals surface area contributed by atoms with Crippen molar-refractivity contribution in [2.45, 2.75) is 20.4 Å². The molecule has 0 amide bonds. The van der Waals surface area contributed by atoms with Crippen molar-refractivity contribution in [1.29, 1.82) is 5.41 Å². The maximum absolute atomic E-state index is 8.65. The van der Waals surface area contributed by atoms with Crippen LogP contribution in [-0.4, -0.2) is 52.0 Å². The van der Waals surface area contributed by atoms with Crippen LogP contribution < -0.4 is 10.4 Å². The summed E-state index contributed by atoms with van der Waals surface area (Å²) in [7, 11) is 0. The fourth-order valence-electron chi connectivity index (χ4n) is 3.49. The maximum Gasteiger partial charge on any atom is 0.196 e. The number of aryl methyl sites for hydroxylation is 1. The van der Waals surface area contributed by atoms with Gasteiger partial charge in [0.1, 0.15) is 30.6 Å². The number of hydrogen-bond donors (Lipinski definition) is 2. The van der Waals surface area contributed by atoms with E-state index in [0.29, 0.717) is 5.49 Å². The smallest absolute Gasteiger partial charge is 0.196 e. The van der Waals surface area contributed by atoms with Gasteiger partial charge in [-0.15, -0.1) is 11.3 Å². The first kappa shape index (κ1) is 16.4. The molecule has 4 heterocycles. The average Bonchev–Trinajstić information content (AvgIpc) is 3.23. The molecule has 7 nitrogen and oxygen atoms in total. The Bertz CT molecular complexity index is 936. The second-order valence-corrected chi connectivity index (χ2v) is 7.32. The molecule has 0 atom stereocenters. The lowest BCUT2D eigenvalue weighted by molar-refractivity contribution is -0.908. The maximum atomic E-state index is 8.65. The molecule has 1 aliphatic rings. The van der Waals surface area contributed by atoms with Crippen LogP contribution in [0.4, 0.5) is 0 Å². The van der Waals surface area contributed by atoms with E-state index in [4.69, 9.17) is 10.1 Å². The summed E-state index contributed by atoms with van der Waals surface area (Å²) < 4.78 is 9.46. The van der Waals surface area contributed by atoms with Gasteiger partial charge in [-0.05, 0) is 19.4 Å². The number of rotatable bonds is 4. The quantitative estimate of drug-likeness (QED) is 0.703. The molecule has 4 rings (SSSR count). The van der Waals surface area contributed by atoms with Crippen molar-refractivity contribution in [3.8, 4) is 5.13 Å². The SMILES string of the molecule is Cc1c(C)n(CC[NH+]2CCOCC2)c2ncn(-c3nccs3)c(=N)c12. The summed E-state index contributed by atoms with van der Waals surface area (Å²) in [4.78, 5) is 10.6. The highest BCUT2D eigenvalue weighted by Crippen LogP contribution is 2.21. The summed E-state index contributed by atoms with van der Waals surface area (Å²) in [6.45, 7) is 10.0. The number of nitrogens with one attached hydrogen (secondary N) is 2. The number of morpholine rings is 1. The van der Waals surface area contributed by atoms with Crippen LogP contribution in [-0.2, 0) is 11.3 Å². The number of nitrogens with zero attached hydrogens (tertiary/aromatic N) is 4. The van der Waals surface area contributed by atoms with Crippen molar-refractivity contribution in [2.24, 2.45) is 0 Å². The first-order chi connectivity index (χ1) is 12.2. The predicted molar refractivity (Wildman–Crippen MR) is 96.4 cm³/mol. The highest BCUT2D eigenvalue weighted by atomic mass is 32.1. The zero-order valence-electron chi connectivity index (χ0n) is 14.6. The van der Waals surface area contributed by atoms with Crippen molar-refractivity contribution < 1.29 is 9.64 Å². The van der Waals surface area contributed by atoms with E-state index >= 15 is 0 Å². The molecule has 25 heavy (non-hydrogen) atoms. The van der Waals surface area contributed by atoms with E-state index in [1.807, 2.05) is 5.38 Å². The highest BCUT2D eigenvalue weighted by Gasteiger charge is 2.19. The van der Waals surface area contributed by atoms with E-state index < -0.39 is 0 Å². The third-order valence-electron chi connectivity index (χ3n) is 5.09. The predicted octanol–water partition coefficient (Wildman–Crippen LogP) is 0.295. The third-order valence-corrected chi connectivity index (χ3v) is 5.86. The monoisotopic (exact) mass is 359 g/mol. The molecule has 0 unspecified atom stereocenters. The van der Waals surface area contributed by atoms with Gasteiger partial charge in [-0.3, -0.25) is 9.98 Å². The Morgan fingerprint density at radius 2 is 2.08 bits per heavy atom. The van der Waals surface area contributed by atoms with E-state index in [0.717, 1.165) is 61.1 Å².